The third-order valence-electron chi connectivity index (χ3n) is 6.90. The van der Waals surface area contributed by atoms with Gasteiger partial charge in [0.15, 0.2) is 5.54 Å². The average Bonchev–Trinajstić information content (AvgIpc) is 2.90. The number of hydrogen-bond acceptors (Lipinski definition) is 4. The molecule has 1 heterocycles. The van der Waals surface area contributed by atoms with Crippen LogP contribution in [0.25, 0.3) is 6.08 Å². The van der Waals surface area contributed by atoms with Gasteiger partial charge in [-0.3, -0.25) is 0 Å². The summed E-state index contributed by atoms with van der Waals surface area (Å²) in [4.78, 5) is 13.3. The summed E-state index contributed by atoms with van der Waals surface area (Å²) in [6.07, 6.45) is 0.814. The standard InChI is InChI=1S/C30H31F2NO3/c1-20(2)22-8-12-25(13-9-22)33-18-17-23-19-26(35-3)14-15-27(23)30(33,29(31)32)24-10-5-21(6-11-24)7-16-28(34)36-4/h5-16,19-20,29H,17-18H2,1-4H3/b16-7+. The van der Waals surface area contributed by atoms with E-state index in [1.807, 2.05) is 35.2 Å². The van der Waals surface area contributed by atoms with Gasteiger partial charge in [0.25, 0.3) is 6.43 Å². The first-order valence-corrected chi connectivity index (χ1v) is 12.0. The smallest absolute Gasteiger partial charge is 0.330 e. The molecule has 0 saturated heterocycles. The van der Waals surface area contributed by atoms with Gasteiger partial charge in [-0.2, -0.15) is 0 Å². The van der Waals surface area contributed by atoms with E-state index >= 15 is 8.78 Å². The number of halogens is 2. The molecule has 1 atom stereocenters. The molecule has 0 aromatic heterocycles. The summed E-state index contributed by atoms with van der Waals surface area (Å²) in [5.41, 5.74) is 2.82. The van der Waals surface area contributed by atoms with Crippen LogP contribution in [0.15, 0.2) is 72.8 Å². The van der Waals surface area contributed by atoms with Crippen LogP contribution in [-0.2, 0) is 21.5 Å². The Morgan fingerprint density at radius 3 is 2.28 bits per heavy atom. The number of carbonyl (C=O) groups excluding carboxylic acids is 1. The molecular weight excluding hydrogens is 460 g/mol. The first-order valence-electron chi connectivity index (χ1n) is 12.0. The lowest BCUT2D eigenvalue weighted by molar-refractivity contribution is -0.134. The highest BCUT2D eigenvalue weighted by atomic mass is 19.3. The van der Waals surface area contributed by atoms with Gasteiger partial charge in [0.1, 0.15) is 5.75 Å². The summed E-state index contributed by atoms with van der Waals surface area (Å²) in [6.45, 7) is 4.65. The van der Waals surface area contributed by atoms with Crippen molar-refractivity contribution >= 4 is 17.7 Å². The minimum atomic E-state index is -2.72. The fraction of sp³-hybridized carbons (Fsp3) is 0.300. The van der Waals surface area contributed by atoms with Crippen molar-refractivity contribution in [2.75, 3.05) is 25.7 Å². The van der Waals surface area contributed by atoms with Crippen molar-refractivity contribution in [2.24, 2.45) is 0 Å². The van der Waals surface area contributed by atoms with Gasteiger partial charge in [-0.25, -0.2) is 13.6 Å². The Kier molecular flexibility index (Phi) is 7.43. The van der Waals surface area contributed by atoms with Crippen molar-refractivity contribution in [3.05, 3.63) is 101 Å². The summed E-state index contributed by atoms with van der Waals surface area (Å²) in [6, 6.07) is 20.2. The van der Waals surface area contributed by atoms with Crippen LogP contribution in [0.3, 0.4) is 0 Å². The van der Waals surface area contributed by atoms with Gasteiger partial charge < -0.3 is 14.4 Å². The van der Waals surface area contributed by atoms with Crippen LogP contribution in [-0.4, -0.2) is 33.2 Å². The Bertz CT molecular complexity index is 1240. The molecule has 0 saturated carbocycles. The molecule has 1 aliphatic heterocycles. The predicted molar refractivity (Wildman–Crippen MR) is 139 cm³/mol. The summed E-state index contributed by atoms with van der Waals surface area (Å²) in [5.74, 6) is 0.517. The minimum absolute atomic E-state index is 0.346. The lowest BCUT2D eigenvalue weighted by Gasteiger charge is -2.49. The Morgan fingerprint density at radius 2 is 1.69 bits per heavy atom. The average molecular weight is 492 g/mol. The Morgan fingerprint density at radius 1 is 1.00 bits per heavy atom. The van der Waals surface area contributed by atoms with Gasteiger partial charge >= 0.3 is 5.97 Å². The molecule has 4 rings (SSSR count). The number of fused-ring (bicyclic) bond motifs is 1. The van der Waals surface area contributed by atoms with Crippen LogP contribution in [0.4, 0.5) is 14.5 Å². The second-order valence-electron chi connectivity index (χ2n) is 9.22. The van der Waals surface area contributed by atoms with Crippen LogP contribution < -0.4 is 9.64 Å². The highest BCUT2D eigenvalue weighted by molar-refractivity contribution is 5.86. The van der Waals surface area contributed by atoms with E-state index in [9.17, 15) is 4.79 Å². The number of alkyl halides is 2. The Balaban J connectivity index is 1.89. The van der Waals surface area contributed by atoms with Gasteiger partial charge in [0.2, 0.25) is 0 Å². The molecule has 4 nitrogen and oxygen atoms in total. The molecule has 0 N–H and O–H groups in total. The lowest BCUT2D eigenvalue weighted by atomic mass is 9.75. The number of nitrogens with zero attached hydrogens (tertiary/aromatic N) is 1. The number of methoxy groups -OCH3 is 2. The van der Waals surface area contributed by atoms with E-state index in [0.29, 0.717) is 41.3 Å². The maximum absolute atomic E-state index is 15.5. The predicted octanol–water partition coefficient (Wildman–Crippen LogP) is 6.58. The Hall–Kier alpha value is -3.67. The molecule has 36 heavy (non-hydrogen) atoms. The second-order valence-corrected chi connectivity index (χ2v) is 9.22. The molecule has 0 bridgehead atoms. The SMILES string of the molecule is COC(=O)/C=C/c1ccc(C2(C(F)F)c3ccc(OC)cc3CCN2c2ccc(C(C)C)cc2)cc1. The number of anilines is 1. The van der Waals surface area contributed by atoms with Crippen LogP contribution in [0.5, 0.6) is 5.75 Å². The summed E-state index contributed by atoms with van der Waals surface area (Å²) < 4.78 is 41.1. The van der Waals surface area contributed by atoms with E-state index in [2.05, 4.69) is 18.6 Å². The van der Waals surface area contributed by atoms with Crippen molar-refractivity contribution in [1.29, 1.82) is 0 Å². The molecule has 0 fully saturated rings. The largest absolute Gasteiger partial charge is 0.497 e. The zero-order valence-corrected chi connectivity index (χ0v) is 21.0. The third kappa shape index (κ3) is 4.60. The van der Waals surface area contributed by atoms with Crippen LogP contribution >= 0.6 is 0 Å². The number of rotatable bonds is 7. The van der Waals surface area contributed by atoms with E-state index in [-0.39, 0.29) is 0 Å². The molecule has 6 heteroatoms. The van der Waals surface area contributed by atoms with Crippen molar-refractivity contribution in [2.45, 2.75) is 38.2 Å². The lowest BCUT2D eigenvalue weighted by Crippen LogP contribution is -2.56. The minimum Gasteiger partial charge on any atom is -0.497 e. The maximum atomic E-state index is 15.5. The fourth-order valence-electron chi connectivity index (χ4n) is 4.95. The summed E-state index contributed by atoms with van der Waals surface area (Å²) in [7, 11) is 2.88. The summed E-state index contributed by atoms with van der Waals surface area (Å²) in [5, 5.41) is 0. The van der Waals surface area contributed by atoms with Crippen LogP contribution in [0, 0.1) is 0 Å². The molecule has 3 aromatic carbocycles. The molecule has 3 aromatic rings. The van der Waals surface area contributed by atoms with Crippen molar-refractivity contribution in [1.82, 2.24) is 0 Å². The van der Waals surface area contributed by atoms with E-state index in [4.69, 9.17) is 4.74 Å². The first-order chi connectivity index (χ1) is 17.3. The first kappa shape index (κ1) is 25.4. The molecule has 1 aliphatic rings. The third-order valence-corrected chi connectivity index (χ3v) is 6.90. The number of hydrogen-bond donors (Lipinski definition) is 0. The van der Waals surface area contributed by atoms with Crippen molar-refractivity contribution in [3.63, 3.8) is 0 Å². The highest BCUT2D eigenvalue weighted by Gasteiger charge is 2.51. The molecule has 0 aliphatic carbocycles. The quantitative estimate of drug-likeness (QED) is 0.277. The second kappa shape index (κ2) is 10.5. The van der Waals surface area contributed by atoms with E-state index in [1.54, 1.807) is 49.6 Å². The van der Waals surface area contributed by atoms with Crippen molar-refractivity contribution < 1.29 is 23.0 Å². The number of ether oxygens (including phenoxy) is 2. The van der Waals surface area contributed by atoms with Gasteiger partial charge in [-0.1, -0.05) is 56.3 Å². The number of carbonyl (C=O) groups is 1. The molecule has 0 spiro atoms. The fourth-order valence-corrected chi connectivity index (χ4v) is 4.95. The van der Waals surface area contributed by atoms with Gasteiger partial charge in [0.05, 0.1) is 14.2 Å². The number of benzene rings is 3. The zero-order valence-electron chi connectivity index (χ0n) is 21.0. The van der Waals surface area contributed by atoms with Gasteiger partial charge in [-0.15, -0.1) is 0 Å². The van der Waals surface area contributed by atoms with Gasteiger partial charge in [-0.05, 0) is 70.5 Å². The maximum Gasteiger partial charge on any atom is 0.330 e. The molecule has 0 radical (unpaired) electrons. The summed E-state index contributed by atoms with van der Waals surface area (Å²) >= 11 is 0. The van der Waals surface area contributed by atoms with Crippen LogP contribution in [0.2, 0.25) is 0 Å². The van der Waals surface area contributed by atoms with Gasteiger partial charge in [0, 0.05) is 18.3 Å². The Labute approximate surface area is 211 Å². The highest BCUT2D eigenvalue weighted by Crippen LogP contribution is 2.48. The normalized spacial score (nSPS) is 17.5. The zero-order chi connectivity index (χ0) is 25.9. The molecule has 0 amide bonds. The van der Waals surface area contributed by atoms with Crippen molar-refractivity contribution in [3.8, 4) is 5.75 Å². The number of esters is 1. The van der Waals surface area contributed by atoms with Crippen LogP contribution in [0.1, 0.15) is 47.6 Å². The molecule has 188 valence electrons. The monoisotopic (exact) mass is 491 g/mol. The topological polar surface area (TPSA) is 38.8 Å². The van der Waals surface area contributed by atoms with E-state index in [1.165, 1.54) is 13.2 Å². The van der Waals surface area contributed by atoms with E-state index < -0.39 is 17.9 Å². The molecular formula is C30H31F2NO3. The van der Waals surface area contributed by atoms with E-state index in [0.717, 1.165) is 16.8 Å². The molecule has 1 unspecified atom stereocenters.